The van der Waals surface area contributed by atoms with Crippen LogP contribution in [0.4, 0.5) is 0 Å². The summed E-state index contributed by atoms with van der Waals surface area (Å²) in [6.45, 7) is 4.15. The van der Waals surface area contributed by atoms with E-state index in [2.05, 4.69) is 26.0 Å². The van der Waals surface area contributed by atoms with Crippen molar-refractivity contribution in [1.29, 1.82) is 0 Å². The predicted octanol–water partition coefficient (Wildman–Crippen LogP) is 4.86. The van der Waals surface area contributed by atoms with Crippen molar-refractivity contribution < 1.29 is 4.79 Å². The molecule has 0 unspecified atom stereocenters. The summed E-state index contributed by atoms with van der Waals surface area (Å²) in [5.41, 5.74) is 3.57. The maximum atomic E-state index is 12.0. The third-order valence-corrected chi connectivity index (χ3v) is 4.77. The van der Waals surface area contributed by atoms with Crippen LogP contribution in [0.15, 0.2) is 47.4 Å². The van der Waals surface area contributed by atoms with E-state index in [4.69, 9.17) is 11.6 Å². The van der Waals surface area contributed by atoms with Crippen molar-refractivity contribution in [2.45, 2.75) is 25.2 Å². The Kier molecular flexibility index (Phi) is 5.27. The van der Waals surface area contributed by atoms with Gasteiger partial charge in [0.2, 0.25) is 0 Å². The minimum atomic E-state index is 0.221. The number of carbonyl (C=O) groups is 1. The lowest BCUT2D eigenvalue weighted by molar-refractivity contribution is -0.116. The van der Waals surface area contributed by atoms with Crippen LogP contribution in [0.5, 0.6) is 0 Å². The summed E-state index contributed by atoms with van der Waals surface area (Å²) in [6.07, 6.45) is 0.485. The molecule has 0 fully saturated rings. The van der Waals surface area contributed by atoms with Gasteiger partial charge >= 0.3 is 0 Å². The zero-order chi connectivity index (χ0) is 14.5. The molecule has 1 nitrogen and oxygen atoms in total. The van der Waals surface area contributed by atoms with Crippen molar-refractivity contribution in [3.8, 4) is 0 Å². The summed E-state index contributed by atoms with van der Waals surface area (Å²) in [5.74, 6) is 0.676. The maximum absolute atomic E-state index is 12.0. The molecule has 20 heavy (non-hydrogen) atoms. The summed E-state index contributed by atoms with van der Waals surface area (Å²) in [5, 5.41) is 0.705. The lowest BCUT2D eigenvalue weighted by Crippen LogP contribution is -2.06. The molecular formula is C17H17ClOS. The molecule has 0 aliphatic heterocycles. The largest absolute Gasteiger partial charge is 0.298 e. The van der Waals surface area contributed by atoms with E-state index < -0.39 is 0 Å². The number of carbonyl (C=O) groups excluding carboxylic acids is 1. The highest BCUT2D eigenvalue weighted by Crippen LogP contribution is 2.26. The van der Waals surface area contributed by atoms with Crippen LogP contribution in [0.2, 0.25) is 5.02 Å². The quantitative estimate of drug-likeness (QED) is 0.734. The molecule has 0 aliphatic carbocycles. The number of halogens is 1. The first kappa shape index (κ1) is 15.1. The highest BCUT2D eigenvalue weighted by molar-refractivity contribution is 8.00. The molecule has 0 saturated heterocycles. The van der Waals surface area contributed by atoms with Crippen molar-refractivity contribution in [2.75, 3.05) is 5.75 Å². The zero-order valence-corrected chi connectivity index (χ0v) is 13.2. The van der Waals surface area contributed by atoms with Crippen molar-refractivity contribution in [1.82, 2.24) is 0 Å². The van der Waals surface area contributed by atoms with Gasteiger partial charge in [-0.3, -0.25) is 4.79 Å². The second-order valence-corrected chi connectivity index (χ2v) is 6.28. The SMILES string of the molecule is Cc1ccc(CC(=O)CSc2ccccc2Cl)cc1C. The molecule has 0 aliphatic rings. The highest BCUT2D eigenvalue weighted by Gasteiger charge is 2.07. The summed E-state index contributed by atoms with van der Waals surface area (Å²) >= 11 is 7.57. The van der Waals surface area contributed by atoms with Gasteiger partial charge in [0.25, 0.3) is 0 Å². The van der Waals surface area contributed by atoms with Crippen molar-refractivity contribution in [3.63, 3.8) is 0 Å². The number of Topliss-reactive ketones (excluding diaryl/α,β-unsaturated/α-hetero) is 1. The molecule has 0 N–H and O–H groups in total. The molecule has 0 bridgehead atoms. The molecule has 2 rings (SSSR count). The predicted molar refractivity (Wildman–Crippen MR) is 86.8 cm³/mol. The fraction of sp³-hybridized carbons (Fsp3) is 0.235. The molecule has 0 amide bonds. The molecule has 0 spiro atoms. The van der Waals surface area contributed by atoms with E-state index in [0.717, 1.165) is 10.5 Å². The first-order valence-corrected chi connectivity index (χ1v) is 7.88. The third kappa shape index (κ3) is 4.12. The van der Waals surface area contributed by atoms with Gasteiger partial charge in [-0.25, -0.2) is 0 Å². The minimum absolute atomic E-state index is 0.221. The topological polar surface area (TPSA) is 17.1 Å². The molecule has 3 heteroatoms. The van der Waals surface area contributed by atoms with E-state index >= 15 is 0 Å². The van der Waals surface area contributed by atoms with Gasteiger partial charge in [0, 0.05) is 11.3 Å². The molecule has 2 aromatic rings. The van der Waals surface area contributed by atoms with Crippen LogP contribution in [-0.2, 0) is 11.2 Å². The molecule has 0 heterocycles. The summed E-state index contributed by atoms with van der Waals surface area (Å²) in [4.78, 5) is 13.0. The standard InChI is InChI=1S/C17H17ClOS/c1-12-7-8-14(9-13(12)2)10-15(19)11-20-17-6-4-3-5-16(17)18/h3-9H,10-11H2,1-2H3. The Morgan fingerprint density at radius 2 is 1.85 bits per heavy atom. The summed E-state index contributed by atoms with van der Waals surface area (Å²) in [6, 6.07) is 13.8. The van der Waals surface area contributed by atoms with Gasteiger partial charge in [-0.15, -0.1) is 11.8 Å². The van der Waals surface area contributed by atoms with E-state index in [1.54, 1.807) is 0 Å². The second kappa shape index (κ2) is 6.96. The van der Waals surface area contributed by atoms with Gasteiger partial charge in [0.05, 0.1) is 10.8 Å². The normalized spacial score (nSPS) is 10.6. The molecule has 0 saturated carbocycles. The third-order valence-electron chi connectivity index (χ3n) is 3.20. The maximum Gasteiger partial charge on any atom is 0.147 e. The second-order valence-electron chi connectivity index (χ2n) is 4.85. The fourth-order valence-corrected chi connectivity index (χ4v) is 3.01. The van der Waals surface area contributed by atoms with Crippen LogP contribution in [-0.4, -0.2) is 11.5 Å². The van der Waals surface area contributed by atoms with Crippen LogP contribution in [0.25, 0.3) is 0 Å². The number of hydrogen-bond donors (Lipinski definition) is 0. The van der Waals surface area contributed by atoms with Gasteiger partial charge in [0.15, 0.2) is 0 Å². The zero-order valence-electron chi connectivity index (χ0n) is 11.7. The average molecular weight is 305 g/mol. The smallest absolute Gasteiger partial charge is 0.147 e. The van der Waals surface area contributed by atoms with Crippen LogP contribution < -0.4 is 0 Å². The van der Waals surface area contributed by atoms with E-state index in [1.807, 2.05) is 30.3 Å². The van der Waals surface area contributed by atoms with Gasteiger partial charge in [-0.05, 0) is 42.7 Å². The number of thioether (sulfide) groups is 1. The monoisotopic (exact) mass is 304 g/mol. The molecule has 104 valence electrons. The Morgan fingerprint density at radius 1 is 1.10 bits per heavy atom. The van der Waals surface area contributed by atoms with E-state index in [0.29, 0.717) is 17.2 Å². The molecule has 2 aromatic carbocycles. The highest BCUT2D eigenvalue weighted by atomic mass is 35.5. The van der Waals surface area contributed by atoms with E-state index in [1.165, 1.54) is 22.9 Å². The van der Waals surface area contributed by atoms with Gasteiger partial charge < -0.3 is 0 Å². The minimum Gasteiger partial charge on any atom is -0.298 e. The van der Waals surface area contributed by atoms with Gasteiger partial charge in [0.1, 0.15) is 5.78 Å². The lowest BCUT2D eigenvalue weighted by atomic mass is 10.0. The van der Waals surface area contributed by atoms with E-state index in [9.17, 15) is 4.79 Å². The summed E-state index contributed by atoms with van der Waals surface area (Å²) in [7, 11) is 0. The average Bonchev–Trinajstić information content (AvgIpc) is 2.42. The molecule has 0 atom stereocenters. The Morgan fingerprint density at radius 3 is 2.55 bits per heavy atom. The number of aryl methyl sites for hydroxylation is 2. The molecule has 0 aromatic heterocycles. The number of hydrogen-bond acceptors (Lipinski definition) is 2. The van der Waals surface area contributed by atoms with E-state index in [-0.39, 0.29) is 5.78 Å². The van der Waals surface area contributed by atoms with Gasteiger partial charge in [-0.1, -0.05) is 41.9 Å². The first-order chi connectivity index (χ1) is 9.56. The fourth-order valence-electron chi connectivity index (χ4n) is 1.91. The number of ketones is 1. The Balaban J connectivity index is 1.93. The first-order valence-electron chi connectivity index (χ1n) is 6.51. The Bertz CT molecular complexity index is 622. The summed E-state index contributed by atoms with van der Waals surface area (Å²) < 4.78 is 0. The number of rotatable bonds is 5. The Labute approximate surface area is 129 Å². The lowest BCUT2D eigenvalue weighted by Gasteiger charge is -2.06. The number of benzene rings is 2. The van der Waals surface area contributed by atoms with Crippen molar-refractivity contribution in [3.05, 3.63) is 64.2 Å². The van der Waals surface area contributed by atoms with Gasteiger partial charge in [-0.2, -0.15) is 0 Å². The molecule has 0 radical (unpaired) electrons. The van der Waals surface area contributed by atoms with Crippen molar-refractivity contribution >= 4 is 29.1 Å². The van der Waals surface area contributed by atoms with Crippen LogP contribution in [0.3, 0.4) is 0 Å². The van der Waals surface area contributed by atoms with Crippen LogP contribution >= 0.6 is 23.4 Å². The Hall–Kier alpha value is -1.25. The van der Waals surface area contributed by atoms with Crippen molar-refractivity contribution in [2.24, 2.45) is 0 Å². The van der Waals surface area contributed by atoms with Crippen LogP contribution in [0.1, 0.15) is 16.7 Å². The van der Waals surface area contributed by atoms with Crippen LogP contribution in [0, 0.1) is 13.8 Å². The molecular weight excluding hydrogens is 288 g/mol.